The first-order valence-electron chi connectivity index (χ1n) is 10.6. The van der Waals surface area contributed by atoms with Crippen molar-refractivity contribution in [2.75, 3.05) is 24.5 Å². The monoisotopic (exact) mass is 398 g/mol. The van der Waals surface area contributed by atoms with Crippen molar-refractivity contribution in [3.63, 3.8) is 0 Å². The Morgan fingerprint density at radius 3 is 2.63 bits per heavy atom. The molecule has 2 aromatic heterocycles. The average molecular weight is 399 g/mol. The molecule has 30 heavy (non-hydrogen) atoms. The smallest absolute Gasteiger partial charge is 0.255 e. The van der Waals surface area contributed by atoms with Crippen LogP contribution in [0.25, 0.3) is 0 Å². The number of hydrogen-bond donors (Lipinski definition) is 0. The zero-order chi connectivity index (χ0) is 20.7. The van der Waals surface area contributed by atoms with Gasteiger partial charge in [-0.1, -0.05) is 24.3 Å². The molecule has 0 unspecified atom stereocenters. The van der Waals surface area contributed by atoms with Crippen molar-refractivity contribution >= 4 is 11.7 Å². The Hall–Kier alpha value is -3.21. The minimum Gasteiger partial charge on any atom is -0.356 e. The number of likely N-dealkylation sites (tertiary alicyclic amines) is 1. The van der Waals surface area contributed by atoms with Gasteiger partial charge in [-0.2, -0.15) is 0 Å². The summed E-state index contributed by atoms with van der Waals surface area (Å²) in [5, 5.41) is 0. The Bertz CT molecular complexity index is 1070. The fraction of sp³-hybridized carbons (Fsp3) is 0.320. The second-order valence-electron chi connectivity index (χ2n) is 8.52. The molecule has 2 aliphatic heterocycles. The predicted octanol–water partition coefficient (Wildman–Crippen LogP) is 4.04. The van der Waals surface area contributed by atoms with Gasteiger partial charge in [0.2, 0.25) is 0 Å². The average Bonchev–Trinajstić information content (AvgIpc) is 3.33. The molecule has 2 fully saturated rings. The summed E-state index contributed by atoms with van der Waals surface area (Å²) >= 11 is 0. The van der Waals surface area contributed by atoms with Gasteiger partial charge < -0.3 is 9.80 Å². The van der Waals surface area contributed by atoms with Gasteiger partial charge in [-0.05, 0) is 54.8 Å². The topological polar surface area (TPSA) is 49.3 Å². The van der Waals surface area contributed by atoms with Crippen molar-refractivity contribution in [3.8, 4) is 0 Å². The SMILES string of the molecule is Cc1ccnc(N2C[C@H]3CN(C(=O)c4cccnc4)[C@H](c4ccccc4C)[C@H]3C2)c1. The molecule has 5 rings (SSSR count). The van der Waals surface area contributed by atoms with Gasteiger partial charge in [0.25, 0.3) is 5.91 Å². The van der Waals surface area contributed by atoms with Crippen molar-refractivity contribution in [1.82, 2.24) is 14.9 Å². The Morgan fingerprint density at radius 2 is 1.87 bits per heavy atom. The summed E-state index contributed by atoms with van der Waals surface area (Å²) in [4.78, 5) is 26.7. The fourth-order valence-corrected chi connectivity index (χ4v) is 5.11. The van der Waals surface area contributed by atoms with Gasteiger partial charge in [0.05, 0.1) is 11.6 Å². The third-order valence-electron chi connectivity index (χ3n) is 6.57. The van der Waals surface area contributed by atoms with Crippen LogP contribution in [-0.4, -0.2) is 40.4 Å². The molecule has 152 valence electrons. The quantitative estimate of drug-likeness (QED) is 0.668. The maximum atomic E-state index is 13.4. The molecular formula is C25H26N4O. The van der Waals surface area contributed by atoms with Crippen LogP contribution in [0.3, 0.4) is 0 Å². The predicted molar refractivity (Wildman–Crippen MR) is 117 cm³/mol. The van der Waals surface area contributed by atoms with E-state index >= 15 is 0 Å². The largest absolute Gasteiger partial charge is 0.356 e. The van der Waals surface area contributed by atoms with E-state index in [0.29, 0.717) is 17.4 Å². The summed E-state index contributed by atoms with van der Waals surface area (Å²) in [6.07, 6.45) is 5.27. The van der Waals surface area contributed by atoms with Crippen molar-refractivity contribution in [2.45, 2.75) is 19.9 Å². The highest BCUT2D eigenvalue weighted by molar-refractivity contribution is 5.94. The number of carbonyl (C=O) groups excluding carboxylic acids is 1. The summed E-state index contributed by atoms with van der Waals surface area (Å²) in [5.74, 6) is 1.93. The van der Waals surface area contributed by atoms with Gasteiger partial charge in [0.1, 0.15) is 5.82 Å². The van der Waals surface area contributed by atoms with E-state index in [1.54, 1.807) is 12.4 Å². The molecule has 0 saturated carbocycles. The number of aromatic nitrogens is 2. The third-order valence-corrected chi connectivity index (χ3v) is 6.57. The summed E-state index contributed by atoms with van der Waals surface area (Å²) in [5.41, 5.74) is 4.37. The maximum absolute atomic E-state index is 13.4. The molecule has 2 saturated heterocycles. The molecule has 0 radical (unpaired) electrons. The standard InChI is InChI=1S/C25H26N4O/c1-17-9-11-27-23(12-17)28-14-20-15-29(25(30)19-7-5-10-26-13-19)24(22(20)16-28)21-8-4-3-6-18(21)2/h3-13,20,22,24H,14-16H2,1-2H3/t20-,22-,24+/m0/s1. The minimum atomic E-state index is 0.0683. The number of amides is 1. The van der Waals surface area contributed by atoms with Crippen LogP contribution in [0, 0.1) is 25.7 Å². The molecule has 4 heterocycles. The first kappa shape index (κ1) is 18.8. The second kappa shape index (κ2) is 7.56. The zero-order valence-corrected chi connectivity index (χ0v) is 17.4. The molecule has 0 aliphatic carbocycles. The highest BCUT2D eigenvalue weighted by Gasteiger charge is 2.49. The van der Waals surface area contributed by atoms with E-state index in [4.69, 9.17) is 0 Å². The minimum absolute atomic E-state index is 0.0683. The molecule has 5 nitrogen and oxygen atoms in total. The number of aryl methyl sites for hydroxylation is 2. The fourth-order valence-electron chi connectivity index (χ4n) is 5.11. The Kier molecular flexibility index (Phi) is 4.74. The molecule has 3 atom stereocenters. The molecule has 0 N–H and O–H groups in total. The highest BCUT2D eigenvalue weighted by atomic mass is 16.2. The van der Waals surface area contributed by atoms with Crippen LogP contribution in [-0.2, 0) is 0 Å². The van der Waals surface area contributed by atoms with Crippen LogP contribution in [0.15, 0.2) is 67.1 Å². The van der Waals surface area contributed by atoms with Crippen molar-refractivity contribution in [1.29, 1.82) is 0 Å². The second-order valence-corrected chi connectivity index (χ2v) is 8.52. The van der Waals surface area contributed by atoms with Gasteiger partial charge in [-0.25, -0.2) is 4.98 Å². The van der Waals surface area contributed by atoms with Crippen LogP contribution < -0.4 is 4.90 Å². The number of benzene rings is 1. The summed E-state index contributed by atoms with van der Waals surface area (Å²) < 4.78 is 0. The number of nitrogens with zero attached hydrogens (tertiary/aromatic N) is 4. The number of pyridine rings is 2. The van der Waals surface area contributed by atoms with E-state index in [1.807, 2.05) is 24.4 Å². The van der Waals surface area contributed by atoms with Crippen molar-refractivity contribution in [3.05, 3.63) is 89.4 Å². The molecule has 1 aromatic carbocycles. The van der Waals surface area contributed by atoms with Crippen molar-refractivity contribution < 1.29 is 4.79 Å². The van der Waals surface area contributed by atoms with E-state index in [-0.39, 0.29) is 11.9 Å². The number of rotatable bonds is 3. The van der Waals surface area contributed by atoms with E-state index in [0.717, 1.165) is 25.5 Å². The van der Waals surface area contributed by atoms with Crippen LogP contribution in [0.1, 0.15) is 33.1 Å². The van der Waals surface area contributed by atoms with E-state index < -0.39 is 0 Å². The molecule has 0 bridgehead atoms. The normalized spacial score (nSPS) is 22.9. The molecule has 1 amide bonds. The summed E-state index contributed by atoms with van der Waals surface area (Å²) in [7, 11) is 0. The van der Waals surface area contributed by atoms with Crippen LogP contribution in [0.2, 0.25) is 0 Å². The van der Waals surface area contributed by atoms with Crippen LogP contribution >= 0.6 is 0 Å². The highest BCUT2D eigenvalue weighted by Crippen LogP contribution is 2.47. The van der Waals surface area contributed by atoms with E-state index in [9.17, 15) is 4.79 Å². The Labute approximate surface area is 177 Å². The Morgan fingerprint density at radius 1 is 1.00 bits per heavy atom. The van der Waals surface area contributed by atoms with Crippen molar-refractivity contribution in [2.24, 2.45) is 11.8 Å². The van der Waals surface area contributed by atoms with Crippen LogP contribution in [0.5, 0.6) is 0 Å². The molecule has 0 spiro atoms. The molecule has 2 aliphatic rings. The van der Waals surface area contributed by atoms with Gasteiger partial charge in [-0.15, -0.1) is 0 Å². The third kappa shape index (κ3) is 3.24. The first-order valence-corrected chi connectivity index (χ1v) is 10.6. The first-order chi connectivity index (χ1) is 14.6. The number of fused-ring (bicyclic) bond motifs is 1. The summed E-state index contributed by atoms with van der Waals surface area (Å²) in [6, 6.07) is 16.4. The van der Waals surface area contributed by atoms with Gasteiger partial charge in [-0.3, -0.25) is 9.78 Å². The number of carbonyl (C=O) groups is 1. The zero-order valence-electron chi connectivity index (χ0n) is 17.4. The van der Waals surface area contributed by atoms with Crippen LogP contribution in [0.4, 0.5) is 5.82 Å². The van der Waals surface area contributed by atoms with Gasteiger partial charge in [0, 0.05) is 50.1 Å². The molecule has 5 heteroatoms. The molecule has 3 aromatic rings. The molecular weight excluding hydrogens is 372 g/mol. The van der Waals surface area contributed by atoms with Gasteiger partial charge in [0.15, 0.2) is 0 Å². The Balaban J connectivity index is 1.49. The van der Waals surface area contributed by atoms with E-state index in [1.165, 1.54) is 16.7 Å². The lowest BCUT2D eigenvalue weighted by molar-refractivity contribution is 0.0715. The van der Waals surface area contributed by atoms with E-state index in [2.05, 4.69) is 63.9 Å². The van der Waals surface area contributed by atoms with Gasteiger partial charge >= 0.3 is 0 Å². The lowest BCUT2D eigenvalue weighted by Gasteiger charge is -2.31. The number of hydrogen-bond acceptors (Lipinski definition) is 4. The lowest BCUT2D eigenvalue weighted by atomic mass is 9.87. The lowest BCUT2D eigenvalue weighted by Crippen LogP contribution is -2.36. The summed E-state index contributed by atoms with van der Waals surface area (Å²) in [6.45, 7) is 6.85. The number of anilines is 1. The maximum Gasteiger partial charge on any atom is 0.255 e.